The highest BCUT2D eigenvalue weighted by Gasteiger charge is 2.39. The zero-order valence-electron chi connectivity index (χ0n) is 12.6. The molecule has 3 heteroatoms. The van der Waals surface area contributed by atoms with Gasteiger partial charge in [-0.25, -0.2) is 0 Å². The van der Waals surface area contributed by atoms with Crippen LogP contribution in [0.15, 0.2) is 36.7 Å². The van der Waals surface area contributed by atoms with Crippen LogP contribution in [0.1, 0.15) is 40.0 Å². The Morgan fingerprint density at radius 3 is 2.80 bits per heavy atom. The lowest BCUT2D eigenvalue weighted by molar-refractivity contribution is -0.123. The Bertz CT molecular complexity index is 493. The summed E-state index contributed by atoms with van der Waals surface area (Å²) >= 11 is 0. The molecule has 2 atom stereocenters. The maximum Gasteiger partial charge on any atom is 0.228 e. The SMILES string of the molecule is C=C(C)C1CCC(C)(C)CC1C(=O)Nc1cccnc1. The van der Waals surface area contributed by atoms with E-state index >= 15 is 0 Å². The van der Waals surface area contributed by atoms with E-state index in [0.29, 0.717) is 5.92 Å². The van der Waals surface area contributed by atoms with Gasteiger partial charge in [-0.05, 0) is 49.7 Å². The number of nitrogens with zero attached hydrogens (tertiary/aromatic N) is 1. The maximum atomic E-state index is 12.6. The first kappa shape index (κ1) is 14.8. The fraction of sp³-hybridized carbons (Fsp3) is 0.529. The number of nitrogens with one attached hydrogen (secondary N) is 1. The molecule has 0 aliphatic heterocycles. The summed E-state index contributed by atoms with van der Waals surface area (Å²) in [6.07, 6.45) is 6.50. The molecule has 1 N–H and O–H groups in total. The molecule has 1 aromatic rings. The van der Waals surface area contributed by atoms with Gasteiger partial charge in [0.25, 0.3) is 0 Å². The van der Waals surface area contributed by atoms with Crippen molar-refractivity contribution in [3.63, 3.8) is 0 Å². The third-order valence-corrected chi connectivity index (χ3v) is 4.29. The van der Waals surface area contributed by atoms with Crippen LogP contribution in [0.25, 0.3) is 0 Å². The summed E-state index contributed by atoms with van der Waals surface area (Å²) in [5.74, 6) is 0.398. The zero-order chi connectivity index (χ0) is 14.8. The van der Waals surface area contributed by atoms with Gasteiger partial charge < -0.3 is 5.32 Å². The van der Waals surface area contributed by atoms with E-state index in [1.165, 1.54) is 0 Å². The minimum atomic E-state index is 0.0106. The third kappa shape index (κ3) is 3.47. The van der Waals surface area contributed by atoms with E-state index in [4.69, 9.17) is 0 Å². The first-order valence-electron chi connectivity index (χ1n) is 7.25. The molecule has 0 aromatic carbocycles. The Morgan fingerprint density at radius 2 is 2.20 bits per heavy atom. The molecule has 1 amide bonds. The highest BCUT2D eigenvalue weighted by atomic mass is 16.1. The number of hydrogen-bond donors (Lipinski definition) is 1. The van der Waals surface area contributed by atoms with E-state index in [9.17, 15) is 4.79 Å². The minimum Gasteiger partial charge on any atom is -0.324 e. The fourth-order valence-electron chi connectivity index (χ4n) is 3.12. The molecular weight excluding hydrogens is 248 g/mol. The Kier molecular flexibility index (Phi) is 4.26. The predicted octanol–water partition coefficient (Wildman–Crippen LogP) is 4.04. The van der Waals surface area contributed by atoms with Crippen molar-refractivity contribution in [1.82, 2.24) is 4.98 Å². The number of hydrogen-bond acceptors (Lipinski definition) is 2. The summed E-state index contributed by atoms with van der Waals surface area (Å²) in [7, 11) is 0. The second-order valence-corrected chi connectivity index (χ2v) is 6.70. The van der Waals surface area contributed by atoms with Crippen molar-refractivity contribution in [3.8, 4) is 0 Å². The van der Waals surface area contributed by atoms with Crippen LogP contribution in [0.2, 0.25) is 0 Å². The van der Waals surface area contributed by atoms with E-state index < -0.39 is 0 Å². The Balaban J connectivity index is 2.13. The highest BCUT2D eigenvalue weighted by Crippen LogP contribution is 2.44. The molecule has 0 spiro atoms. The van der Waals surface area contributed by atoms with Crippen molar-refractivity contribution in [3.05, 3.63) is 36.7 Å². The van der Waals surface area contributed by atoms with Gasteiger partial charge in [0.15, 0.2) is 0 Å². The van der Waals surface area contributed by atoms with Crippen LogP contribution in [0, 0.1) is 17.3 Å². The fourth-order valence-corrected chi connectivity index (χ4v) is 3.12. The summed E-state index contributed by atoms with van der Waals surface area (Å²) in [5, 5.41) is 2.99. The summed E-state index contributed by atoms with van der Waals surface area (Å²) < 4.78 is 0. The van der Waals surface area contributed by atoms with Crippen LogP contribution in [-0.4, -0.2) is 10.9 Å². The van der Waals surface area contributed by atoms with Crippen LogP contribution in [-0.2, 0) is 4.79 Å². The van der Waals surface area contributed by atoms with Gasteiger partial charge in [-0.15, -0.1) is 0 Å². The Hall–Kier alpha value is -1.64. The molecule has 1 saturated carbocycles. The van der Waals surface area contributed by atoms with Crippen LogP contribution in [0.4, 0.5) is 5.69 Å². The number of rotatable bonds is 3. The molecule has 0 saturated heterocycles. The van der Waals surface area contributed by atoms with E-state index in [-0.39, 0.29) is 17.2 Å². The number of pyridine rings is 1. The topological polar surface area (TPSA) is 42.0 Å². The maximum absolute atomic E-state index is 12.6. The monoisotopic (exact) mass is 272 g/mol. The molecule has 1 heterocycles. The van der Waals surface area contributed by atoms with Crippen LogP contribution in [0.3, 0.4) is 0 Å². The molecule has 1 fully saturated rings. The molecule has 2 unspecified atom stereocenters. The molecule has 0 radical (unpaired) electrons. The zero-order valence-corrected chi connectivity index (χ0v) is 12.6. The molecule has 20 heavy (non-hydrogen) atoms. The first-order valence-corrected chi connectivity index (χ1v) is 7.25. The lowest BCUT2D eigenvalue weighted by Gasteiger charge is -2.40. The second kappa shape index (κ2) is 5.78. The number of carbonyl (C=O) groups excluding carboxylic acids is 1. The lowest BCUT2D eigenvalue weighted by atomic mass is 9.65. The van der Waals surface area contributed by atoms with Crippen molar-refractivity contribution >= 4 is 11.6 Å². The van der Waals surface area contributed by atoms with E-state index in [0.717, 1.165) is 30.5 Å². The van der Waals surface area contributed by atoms with Crippen molar-refractivity contribution in [2.75, 3.05) is 5.32 Å². The standard InChI is InChI=1S/C17H24N2O/c1-12(2)14-7-8-17(3,4)10-15(14)16(20)19-13-6-5-9-18-11-13/h5-6,9,11,14-15H,1,7-8,10H2,2-4H3,(H,19,20). The number of anilines is 1. The summed E-state index contributed by atoms with van der Waals surface area (Å²) in [6, 6.07) is 3.70. The quantitative estimate of drug-likeness (QED) is 0.844. The smallest absolute Gasteiger partial charge is 0.228 e. The van der Waals surface area contributed by atoms with E-state index in [1.54, 1.807) is 12.4 Å². The average Bonchev–Trinajstić information content (AvgIpc) is 2.38. The number of carbonyl (C=O) groups is 1. The first-order chi connectivity index (χ1) is 9.39. The minimum absolute atomic E-state index is 0.0106. The summed E-state index contributed by atoms with van der Waals surface area (Å²) in [4.78, 5) is 16.6. The van der Waals surface area contributed by atoms with E-state index in [2.05, 4.69) is 30.7 Å². The molecular formula is C17H24N2O. The molecule has 2 rings (SSSR count). The van der Waals surface area contributed by atoms with Gasteiger partial charge in [0.1, 0.15) is 0 Å². The van der Waals surface area contributed by atoms with Crippen molar-refractivity contribution < 1.29 is 4.79 Å². The molecule has 1 aliphatic carbocycles. The van der Waals surface area contributed by atoms with Gasteiger partial charge in [0, 0.05) is 12.1 Å². The Morgan fingerprint density at radius 1 is 1.45 bits per heavy atom. The van der Waals surface area contributed by atoms with Crippen molar-refractivity contribution in [2.24, 2.45) is 17.3 Å². The van der Waals surface area contributed by atoms with Crippen LogP contribution >= 0.6 is 0 Å². The third-order valence-electron chi connectivity index (χ3n) is 4.29. The van der Waals surface area contributed by atoms with Gasteiger partial charge in [-0.2, -0.15) is 0 Å². The molecule has 3 nitrogen and oxygen atoms in total. The largest absolute Gasteiger partial charge is 0.324 e. The molecule has 1 aromatic heterocycles. The second-order valence-electron chi connectivity index (χ2n) is 6.70. The van der Waals surface area contributed by atoms with E-state index in [1.807, 2.05) is 19.1 Å². The number of amides is 1. The summed E-state index contributed by atoms with van der Waals surface area (Å²) in [5.41, 5.74) is 2.11. The predicted molar refractivity (Wildman–Crippen MR) is 82.3 cm³/mol. The van der Waals surface area contributed by atoms with Gasteiger partial charge in [-0.1, -0.05) is 26.0 Å². The molecule has 0 bridgehead atoms. The molecule has 1 aliphatic rings. The van der Waals surface area contributed by atoms with Gasteiger partial charge in [-0.3, -0.25) is 9.78 Å². The molecule has 108 valence electrons. The van der Waals surface area contributed by atoms with Crippen LogP contribution in [0.5, 0.6) is 0 Å². The number of allylic oxidation sites excluding steroid dienone is 1. The van der Waals surface area contributed by atoms with Crippen molar-refractivity contribution in [2.45, 2.75) is 40.0 Å². The summed E-state index contributed by atoms with van der Waals surface area (Å²) in [6.45, 7) is 10.6. The highest BCUT2D eigenvalue weighted by molar-refractivity contribution is 5.92. The normalized spacial score (nSPS) is 24.9. The number of aromatic nitrogens is 1. The average molecular weight is 272 g/mol. The van der Waals surface area contributed by atoms with Gasteiger partial charge >= 0.3 is 0 Å². The van der Waals surface area contributed by atoms with Gasteiger partial charge in [0.05, 0.1) is 11.9 Å². The van der Waals surface area contributed by atoms with Crippen molar-refractivity contribution in [1.29, 1.82) is 0 Å². The Labute approximate surface area is 121 Å². The van der Waals surface area contributed by atoms with Gasteiger partial charge in [0.2, 0.25) is 5.91 Å². The lowest BCUT2D eigenvalue weighted by Crippen LogP contribution is -2.38. The van der Waals surface area contributed by atoms with Crippen LogP contribution < -0.4 is 5.32 Å².